The lowest BCUT2D eigenvalue weighted by atomic mass is 10.1. The predicted molar refractivity (Wildman–Crippen MR) is 106 cm³/mol. The van der Waals surface area contributed by atoms with E-state index in [0.29, 0.717) is 25.3 Å². The van der Waals surface area contributed by atoms with Crippen LogP contribution in [-0.4, -0.2) is 48.6 Å². The third-order valence-electron chi connectivity index (χ3n) is 5.25. The molecule has 1 aliphatic rings. The van der Waals surface area contributed by atoms with Crippen molar-refractivity contribution in [3.63, 3.8) is 0 Å². The Morgan fingerprint density at radius 2 is 1.85 bits per heavy atom. The molecule has 1 fully saturated rings. The fourth-order valence-electron chi connectivity index (χ4n) is 3.47. The van der Waals surface area contributed by atoms with Gasteiger partial charge in [-0.25, -0.2) is 0 Å². The summed E-state index contributed by atoms with van der Waals surface area (Å²) in [4.78, 5) is 17.4. The van der Waals surface area contributed by atoms with Crippen LogP contribution in [0.4, 0.5) is 0 Å². The highest BCUT2D eigenvalue weighted by Crippen LogP contribution is 2.28. The number of hydrogen-bond donors (Lipinski definition) is 0. The van der Waals surface area contributed by atoms with Crippen LogP contribution in [0.25, 0.3) is 0 Å². The number of rotatable bonds is 7. The maximum Gasteiger partial charge on any atom is 0.254 e. The largest absolute Gasteiger partial charge is 0.464 e. The lowest BCUT2D eigenvalue weighted by Crippen LogP contribution is -2.43. The summed E-state index contributed by atoms with van der Waals surface area (Å²) in [6.45, 7) is 11.0. The number of carbonyl (C=O) groups excluding carboxylic acids is 1. The number of amides is 1. The summed E-state index contributed by atoms with van der Waals surface area (Å²) in [7, 11) is 0. The summed E-state index contributed by atoms with van der Waals surface area (Å²) in [5.41, 5.74) is 1.94. The van der Waals surface area contributed by atoms with Crippen molar-refractivity contribution < 1.29 is 13.9 Å². The van der Waals surface area contributed by atoms with E-state index in [1.54, 1.807) is 0 Å². The molecule has 5 nitrogen and oxygen atoms in total. The Hall–Kier alpha value is -2.11. The lowest BCUT2D eigenvalue weighted by molar-refractivity contribution is -0.00901. The van der Waals surface area contributed by atoms with Crippen LogP contribution in [0.5, 0.6) is 0 Å². The maximum absolute atomic E-state index is 13.1. The van der Waals surface area contributed by atoms with Gasteiger partial charge >= 0.3 is 0 Å². The average molecular weight is 370 g/mol. The molecule has 1 amide bonds. The van der Waals surface area contributed by atoms with Crippen molar-refractivity contribution in [2.75, 3.05) is 32.8 Å². The van der Waals surface area contributed by atoms with Gasteiger partial charge in [0.1, 0.15) is 17.6 Å². The zero-order chi connectivity index (χ0) is 19.2. The van der Waals surface area contributed by atoms with Crippen molar-refractivity contribution in [2.24, 2.45) is 0 Å². The molecule has 0 spiro atoms. The molecule has 146 valence electrons. The van der Waals surface area contributed by atoms with Crippen LogP contribution in [0.2, 0.25) is 0 Å². The predicted octanol–water partition coefficient (Wildman–Crippen LogP) is 3.90. The molecule has 2 aromatic rings. The van der Waals surface area contributed by atoms with E-state index >= 15 is 0 Å². The molecule has 0 radical (unpaired) electrons. The van der Waals surface area contributed by atoms with E-state index in [2.05, 4.69) is 37.8 Å². The van der Waals surface area contributed by atoms with Crippen molar-refractivity contribution in [1.29, 1.82) is 0 Å². The molecule has 5 heteroatoms. The van der Waals surface area contributed by atoms with Crippen LogP contribution in [0.15, 0.2) is 40.8 Å². The van der Waals surface area contributed by atoms with Gasteiger partial charge < -0.3 is 14.1 Å². The van der Waals surface area contributed by atoms with E-state index in [1.165, 1.54) is 5.56 Å². The molecule has 0 N–H and O–H groups in total. The molecule has 0 saturated carbocycles. The Morgan fingerprint density at radius 3 is 2.48 bits per heavy atom. The first kappa shape index (κ1) is 19.6. The zero-order valence-electron chi connectivity index (χ0n) is 16.6. The van der Waals surface area contributed by atoms with E-state index in [-0.39, 0.29) is 11.9 Å². The first-order valence-corrected chi connectivity index (χ1v) is 9.94. The zero-order valence-corrected chi connectivity index (χ0v) is 16.6. The summed E-state index contributed by atoms with van der Waals surface area (Å²) in [5, 5.41) is 0. The van der Waals surface area contributed by atoms with Crippen LogP contribution in [0.1, 0.15) is 54.3 Å². The SMILES string of the molecule is CCc1ccc([C@@H]2COCCN2C(=O)c2ccc(CN(CC)CC)cc2)o1. The Balaban J connectivity index is 1.74. The Kier molecular flexibility index (Phi) is 6.69. The molecule has 0 unspecified atom stereocenters. The Morgan fingerprint density at radius 1 is 1.11 bits per heavy atom. The van der Waals surface area contributed by atoms with Gasteiger partial charge in [0.25, 0.3) is 5.91 Å². The van der Waals surface area contributed by atoms with Gasteiger partial charge in [0.15, 0.2) is 0 Å². The summed E-state index contributed by atoms with van der Waals surface area (Å²) in [5.74, 6) is 1.77. The van der Waals surface area contributed by atoms with Crippen molar-refractivity contribution in [3.05, 3.63) is 59.0 Å². The summed E-state index contributed by atoms with van der Waals surface area (Å²) in [6.07, 6.45) is 0.843. The summed E-state index contributed by atoms with van der Waals surface area (Å²) >= 11 is 0. The smallest absolute Gasteiger partial charge is 0.254 e. The molecule has 1 saturated heterocycles. The maximum atomic E-state index is 13.1. The fourth-order valence-corrected chi connectivity index (χ4v) is 3.47. The fraction of sp³-hybridized carbons (Fsp3) is 0.500. The minimum Gasteiger partial charge on any atom is -0.464 e. The van der Waals surface area contributed by atoms with E-state index in [9.17, 15) is 4.79 Å². The topological polar surface area (TPSA) is 45.9 Å². The third kappa shape index (κ3) is 4.60. The molecular weight excluding hydrogens is 340 g/mol. The number of furan rings is 1. The molecule has 1 aromatic carbocycles. The highest BCUT2D eigenvalue weighted by Gasteiger charge is 2.31. The van der Waals surface area contributed by atoms with Crippen molar-refractivity contribution in [2.45, 2.75) is 39.8 Å². The van der Waals surface area contributed by atoms with E-state index < -0.39 is 0 Å². The van der Waals surface area contributed by atoms with Gasteiger partial charge in [0.05, 0.1) is 13.2 Å². The lowest BCUT2D eigenvalue weighted by Gasteiger charge is -2.34. The summed E-state index contributed by atoms with van der Waals surface area (Å²) < 4.78 is 11.5. The van der Waals surface area contributed by atoms with Gasteiger partial charge in [-0.15, -0.1) is 0 Å². The normalized spacial score (nSPS) is 17.5. The van der Waals surface area contributed by atoms with Gasteiger partial charge in [-0.2, -0.15) is 0 Å². The number of aryl methyl sites for hydroxylation is 1. The minimum atomic E-state index is -0.165. The Bertz CT molecular complexity index is 734. The van der Waals surface area contributed by atoms with Crippen LogP contribution in [0.3, 0.4) is 0 Å². The monoisotopic (exact) mass is 370 g/mol. The van der Waals surface area contributed by atoms with Gasteiger partial charge in [-0.1, -0.05) is 32.9 Å². The molecule has 1 aliphatic heterocycles. The molecule has 0 aliphatic carbocycles. The molecule has 3 rings (SSSR count). The second-order valence-electron chi connectivity index (χ2n) is 6.91. The molecule has 1 aromatic heterocycles. The van der Waals surface area contributed by atoms with Crippen molar-refractivity contribution in [1.82, 2.24) is 9.80 Å². The van der Waals surface area contributed by atoms with E-state index in [1.807, 2.05) is 29.2 Å². The van der Waals surface area contributed by atoms with E-state index in [0.717, 1.165) is 37.6 Å². The van der Waals surface area contributed by atoms with Crippen molar-refractivity contribution >= 4 is 5.91 Å². The highest BCUT2D eigenvalue weighted by molar-refractivity contribution is 5.94. The number of ether oxygens (including phenoxy) is 1. The second-order valence-corrected chi connectivity index (χ2v) is 6.91. The standard InChI is InChI=1S/C22H30N2O3/c1-4-19-11-12-21(27-19)20-16-26-14-13-24(20)22(25)18-9-7-17(8-10-18)15-23(5-2)6-3/h7-12,20H,4-6,13-16H2,1-3H3/t20-/m0/s1. The molecule has 2 heterocycles. The van der Waals surface area contributed by atoms with Gasteiger partial charge in [0, 0.05) is 25.1 Å². The third-order valence-corrected chi connectivity index (χ3v) is 5.25. The average Bonchev–Trinajstić information content (AvgIpc) is 3.21. The van der Waals surface area contributed by atoms with Crippen molar-refractivity contribution in [3.8, 4) is 0 Å². The Labute approximate surface area is 161 Å². The quantitative estimate of drug-likeness (QED) is 0.742. The van der Waals surface area contributed by atoms with Gasteiger partial charge in [0.2, 0.25) is 0 Å². The van der Waals surface area contributed by atoms with Crippen LogP contribution < -0.4 is 0 Å². The second kappa shape index (κ2) is 9.20. The van der Waals surface area contributed by atoms with Crippen LogP contribution in [-0.2, 0) is 17.7 Å². The number of hydrogen-bond acceptors (Lipinski definition) is 4. The molecule has 1 atom stereocenters. The van der Waals surface area contributed by atoms with Gasteiger partial charge in [-0.05, 0) is 42.9 Å². The number of benzene rings is 1. The molecule has 0 bridgehead atoms. The number of carbonyl (C=O) groups is 1. The summed E-state index contributed by atoms with van der Waals surface area (Å²) in [6, 6.07) is 11.8. The van der Waals surface area contributed by atoms with Crippen LogP contribution >= 0.6 is 0 Å². The number of morpholine rings is 1. The first-order chi connectivity index (χ1) is 13.2. The highest BCUT2D eigenvalue weighted by atomic mass is 16.5. The first-order valence-electron chi connectivity index (χ1n) is 9.94. The molecular formula is C22H30N2O3. The van der Waals surface area contributed by atoms with Crippen LogP contribution in [0, 0.1) is 0 Å². The minimum absolute atomic E-state index is 0.0344. The number of nitrogens with zero attached hydrogens (tertiary/aromatic N) is 2. The molecule has 27 heavy (non-hydrogen) atoms. The van der Waals surface area contributed by atoms with Gasteiger partial charge in [-0.3, -0.25) is 9.69 Å². The van der Waals surface area contributed by atoms with E-state index in [4.69, 9.17) is 9.15 Å².